The van der Waals surface area contributed by atoms with E-state index in [1.54, 1.807) is 0 Å². The summed E-state index contributed by atoms with van der Waals surface area (Å²) in [6.45, 7) is 3.41. The molecule has 6 nitrogen and oxygen atoms in total. The van der Waals surface area contributed by atoms with E-state index in [4.69, 9.17) is 0 Å². The van der Waals surface area contributed by atoms with Crippen molar-refractivity contribution in [3.8, 4) is 0 Å². The molecule has 1 aromatic rings. The van der Waals surface area contributed by atoms with Crippen LogP contribution in [0, 0.1) is 11.8 Å². The highest BCUT2D eigenvalue weighted by molar-refractivity contribution is 7.09. The summed E-state index contributed by atoms with van der Waals surface area (Å²) in [5, 5.41) is 10.1. The molecule has 0 unspecified atom stereocenters. The molecular weight excluding hydrogens is 264 g/mol. The summed E-state index contributed by atoms with van der Waals surface area (Å²) in [7, 11) is 3.80. The van der Waals surface area contributed by atoms with Crippen molar-refractivity contribution in [2.75, 3.05) is 37.0 Å². The second kappa shape index (κ2) is 5.73. The maximum atomic E-state index is 11.3. The van der Waals surface area contributed by atoms with Crippen molar-refractivity contribution in [1.82, 2.24) is 9.36 Å². The number of carbonyl (C=O) groups is 1. The van der Waals surface area contributed by atoms with Crippen LogP contribution in [0.3, 0.4) is 0 Å². The van der Waals surface area contributed by atoms with Crippen molar-refractivity contribution in [1.29, 1.82) is 0 Å². The number of carboxylic acid groups (broad SMARTS) is 1. The first-order valence-electron chi connectivity index (χ1n) is 6.51. The van der Waals surface area contributed by atoms with Gasteiger partial charge in [0.15, 0.2) is 0 Å². The third-order valence-corrected chi connectivity index (χ3v) is 4.26. The fourth-order valence-electron chi connectivity index (χ4n) is 2.49. The highest BCUT2D eigenvalue weighted by Crippen LogP contribution is 2.32. The minimum atomic E-state index is -0.696. The van der Waals surface area contributed by atoms with Crippen molar-refractivity contribution in [3.05, 3.63) is 0 Å². The average Bonchev–Trinajstić information content (AvgIpc) is 2.94. The van der Waals surface area contributed by atoms with Crippen LogP contribution in [0.2, 0.25) is 0 Å². The number of aromatic nitrogens is 2. The first-order chi connectivity index (χ1) is 9.02. The Morgan fingerprint density at radius 1 is 1.53 bits per heavy atom. The van der Waals surface area contributed by atoms with Crippen LogP contribution in [-0.4, -0.2) is 47.6 Å². The van der Waals surface area contributed by atoms with Gasteiger partial charge in [-0.1, -0.05) is 13.3 Å². The van der Waals surface area contributed by atoms with Crippen molar-refractivity contribution in [2.45, 2.75) is 19.8 Å². The van der Waals surface area contributed by atoms with E-state index in [0.29, 0.717) is 12.5 Å². The van der Waals surface area contributed by atoms with Gasteiger partial charge in [0.2, 0.25) is 11.1 Å². The van der Waals surface area contributed by atoms with Crippen LogP contribution < -0.4 is 9.80 Å². The summed E-state index contributed by atoms with van der Waals surface area (Å²) < 4.78 is 4.27. The number of hydrogen-bond acceptors (Lipinski definition) is 6. The van der Waals surface area contributed by atoms with Gasteiger partial charge in [-0.05, 0) is 12.3 Å². The molecule has 2 heterocycles. The first kappa shape index (κ1) is 14.0. The van der Waals surface area contributed by atoms with Gasteiger partial charge in [0, 0.05) is 38.7 Å². The summed E-state index contributed by atoms with van der Waals surface area (Å²) in [5.41, 5.74) is 0. The molecule has 1 aliphatic heterocycles. The van der Waals surface area contributed by atoms with Crippen LogP contribution in [0.25, 0.3) is 0 Å². The molecule has 1 aliphatic rings. The summed E-state index contributed by atoms with van der Waals surface area (Å²) >= 11 is 1.34. The van der Waals surface area contributed by atoms with Gasteiger partial charge in [0.25, 0.3) is 0 Å². The van der Waals surface area contributed by atoms with Gasteiger partial charge < -0.3 is 14.9 Å². The Hall–Kier alpha value is -1.37. The lowest BCUT2D eigenvalue weighted by atomic mass is 9.92. The summed E-state index contributed by atoms with van der Waals surface area (Å²) in [6, 6.07) is 0. The van der Waals surface area contributed by atoms with Crippen molar-refractivity contribution < 1.29 is 9.90 Å². The third kappa shape index (κ3) is 2.97. The number of hydrogen-bond donors (Lipinski definition) is 1. The van der Waals surface area contributed by atoms with Crippen LogP contribution >= 0.6 is 11.5 Å². The molecule has 0 aromatic carbocycles. The van der Waals surface area contributed by atoms with E-state index >= 15 is 0 Å². The van der Waals surface area contributed by atoms with Gasteiger partial charge >= 0.3 is 5.97 Å². The number of rotatable bonds is 5. The normalized spacial score (nSPS) is 22.8. The number of aliphatic carboxylic acids is 1. The van der Waals surface area contributed by atoms with Gasteiger partial charge in [-0.2, -0.15) is 9.36 Å². The van der Waals surface area contributed by atoms with Crippen LogP contribution in [-0.2, 0) is 4.79 Å². The van der Waals surface area contributed by atoms with E-state index in [0.717, 1.165) is 24.5 Å². The number of carboxylic acids is 1. The maximum Gasteiger partial charge on any atom is 0.308 e. The number of nitrogens with zero attached hydrogens (tertiary/aromatic N) is 4. The molecular formula is C12H20N4O2S. The maximum absolute atomic E-state index is 11.3. The van der Waals surface area contributed by atoms with Gasteiger partial charge in [-0.25, -0.2) is 0 Å². The van der Waals surface area contributed by atoms with Gasteiger partial charge in [-0.3, -0.25) is 4.79 Å². The van der Waals surface area contributed by atoms with E-state index in [1.165, 1.54) is 11.5 Å². The second-order valence-electron chi connectivity index (χ2n) is 5.17. The molecule has 1 N–H and O–H groups in total. The van der Waals surface area contributed by atoms with Crippen LogP contribution in [0.5, 0.6) is 0 Å². The van der Waals surface area contributed by atoms with E-state index in [-0.39, 0.29) is 11.8 Å². The molecule has 0 bridgehead atoms. The van der Waals surface area contributed by atoms with E-state index in [9.17, 15) is 9.90 Å². The molecule has 2 rings (SSSR count). The predicted octanol–water partition coefficient (Wildman–Crippen LogP) is 1.54. The zero-order chi connectivity index (χ0) is 14.0. The lowest BCUT2D eigenvalue weighted by Gasteiger charge is -2.13. The Morgan fingerprint density at radius 3 is 2.79 bits per heavy atom. The SMILES string of the molecule is CCC[C@H]1CN(c2nc(N(C)C)ns2)C[C@@H]1C(=O)O. The molecule has 106 valence electrons. The second-order valence-corrected chi connectivity index (χ2v) is 5.90. The summed E-state index contributed by atoms with van der Waals surface area (Å²) in [6.07, 6.45) is 1.97. The van der Waals surface area contributed by atoms with Crippen LogP contribution in [0.15, 0.2) is 0 Å². The lowest BCUT2D eigenvalue weighted by molar-refractivity contribution is -0.142. The highest BCUT2D eigenvalue weighted by Gasteiger charge is 2.38. The molecule has 7 heteroatoms. The van der Waals surface area contributed by atoms with E-state index in [2.05, 4.69) is 21.2 Å². The minimum Gasteiger partial charge on any atom is -0.481 e. The fraction of sp³-hybridized carbons (Fsp3) is 0.750. The molecule has 2 atom stereocenters. The smallest absolute Gasteiger partial charge is 0.308 e. The van der Waals surface area contributed by atoms with Crippen molar-refractivity contribution >= 4 is 28.6 Å². The topological polar surface area (TPSA) is 69.6 Å². The molecule has 1 saturated heterocycles. The molecule has 0 amide bonds. The lowest BCUT2D eigenvalue weighted by Crippen LogP contribution is -2.23. The zero-order valence-corrected chi connectivity index (χ0v) is 12.4. The highest BCUT2D eigenvalue weighted by atomic mass is 32.1. The summed E-state index contributed by atoms with van der Waals surface area (Å²) in [4.78, 5) is 19.7. The quantitative estimate of drug-likeness (QED) is 0.884. The predicted molar refractivity (Wildman–Crippen MR) is 76.0 cm³/mol. The number of anilines is 2. The largest absolute Gasteiger partial charge is 0.481 e. The van der Waals surface area contributed by atoms with E-state index in [1.807, 2.05) is 19.0 Å². The van der Waals surface area contributed by atoms with Gasteiger partial charge in [0.05, 0.1) is 5.92 Å². The van der Waals surface area contributed by atoms with Crippen LogP contribution in [0.4, 0.5) is 11.1 Å². The first-order valence-corrected chi connectivity index (χ1v) is 7.29. The molecule has 1 fully saturated rings. The Balaban J connectivity index is 2.11. The summed E-state index contributed by atoms with van der Waals surface area (Å²) in [5.74, 6) is -0.0787. The Bertz CT molecular complexity index is 449. The molecule has 19 heavy (non-hydrogen) atoms. The fourth-order valence-corrected chi connectivity index (χ4v) is 3.24. The molecule has 0 aliphatic carbocycles. The molecule has 0 saturated carbocycles. The molecule has 0 radical (unpaired) electrons. The van der Waals surface area contributed by atoms with Crippen molar-refractivity contribution in [2.24, 2.45) is 11.8 Å². The zero-order valence-electron chi connectivity index (χ0n) is 11.5. The Morgan fingerprint density at radius 2 is 2.26 bits per heavy atom. The van der Waals surface area contributed by atoms with Gasteiger partial charge in [0.1, 0.15) is 0 Å². The van der Waals surface area contributed by atoms with Gasteiger partial charge in [-0.15, -0.1) is 0 Å². The average molecular weight is 284 g/mol. The molecule has 1 aromatic heterocycles. The monoisotopic (exact) mass is 284 g/mol. The Labute approximate surface area is 117 Å². The standard InChI is InChI=1S/C12H20N4O2S/c1-4-5-8-6-16(7-9(8)10(17)18)12-13-11(14-19-12)15(2)3/h8-9H,4-7H2,1-3H3,(H,17,18)/t8-,9-/m0/s1. The van der Waals surface area contributed by atoms with E-state index < -0.39 is 5.97 Å². The minimum absolute atomic E-state index is 0.217. The Kier molecular flexibility index (Phi) is 4.24. The van der Waals surface area contributed by atoms with Crippen LogP contribution in [0.1, 0.15) is 19.8 Å². The molecule has 0 spiro atoms. The van der Waals surface area contributed by atoms with Crippen molar-refractivity contribution in [3.63, 3.8) is 0 Å². The third-order valence-electron chi connectivity index (χ3n) is 3.49.